The molecule has 106 valence electrons. The normalized spacial score (nSPS) is 10.5. The highest BCUT2D eigenvalue weighted by Gasteiger charge is 2.23. The van der Waals surface area contributed by atoms with Crippen LogP contribution in [-0.2, 0) is 13.0 Å². The predicted molar refractivity (Wildman–Crippen MR) is 73.6 cm³/mol. The molecule has 2 aromatic rings. The van der Waals surface area contributed by atoms with Crippen LogP contribution in [0.3, 0.4) is 0 Å². The molecule has 0 aliphatic rings. The van der Waals surface area contributed by atoms with E-state index in [1.54, 1.807) is 13.2 Å². The van der Waals surface area contributed by atoms with Gasteiger partial charge in [0.15, 0.2) is 0 Å². The van der Waals surface area contributed by atoms with Gasteiger partial charge in [0.1, 0.15) is 17.8 Å². The van der Waals surface area contributed by atoms with E-state index in [0.29, 0.717) is 12.1 Å². The minimum atomic E-state index is -0.464. The molecule has 20 heavy (non-hydrogen) atoms. The van der Waals surface area contributed by atoms with Crippen molar-refractivity contribution in [1.29, 1.82) is 0 Å². The second-order valence-electron chi connectivity index (χ2n) is 4.24. The molecule has 0 atom stereocenters. The number of hydrogen-bond acceptors (Lipinski definition) is 6. The molecule has 2 heterocycles. The fraction of sp³-hybridized carbons (Fsp3) is 0.417. The highest BCUT2D eigenvalue weighted by molar-refractivity contribution is 5.58. The van der Waals surface area contributed by atoms with E-state index in [4.69, 9.17) is 0 Å². The summed E-state index contributed by atoms with van der Waals surface area (Å²) >= 11 is 0. The van der Waals surface area contributed by atoms with Crippen molar-refractivity contribution in [3.63, 3.8) is 0 Å². The Bertz CT molecular complexity index is 610. The molecule has 0 amide bonds. The maximum atomic E-state index is 11.2. The van der Waals surface area contributed by atoms with Gasteiger partial charge in [-0.2, -0.15) is 0 Å². The Hall–Kier alpha value is -2.51. The minimum absolute atomic E-state index is 0.0963. The van der Waals surface area contributed by atoms with E-state index in [-0.39, 0.29) is 11.5 Å². The maximum Gasteiger partial charge on any atom is 0.333 e. The van der Waals surface area contributed by atoms with Crippen LogP contribution in [0.15, 0.2) is 18.7 Å². The van der Waals surface area contributed by atoms with Gasteiger partial charge in [-0.15, -0.1) is 0 Å². The first-order chi connectivity index (χ1) is 9.67. The Morgan fingerprint density at radius 1 is 1.40 bits per heavy atom. The first-order valence-electron chi connectivity index (χ1n) is 6.33. The van der Waals surface area contributed by atoms with Gasteiger partial charge < -0.3 is 9.88 Å². The maximum absolute atomic E-state index is 11.2. The number of hydrogen-bond donors (Lipinski definition) is 1. The minimum Gasteiger partial charge on any atom is -0.367 e. The third kappa shape index (κ3) is 2.73. The number of imidazole rings is 1. The van der Waals surface area contributed by atoms with E-state index in [2.05, 4.69) is 27.2 Å². The molecule has 0 aliphatic heterocycles. The molecule has 2 aromatic heterocycles. The quantitative estimate of drug-likeness (QED) is 0.636. The number of nitro groups is 1. The van der Waals surface area contributed by atoms with Crippen molar-refractivity contribution in [3.05, 3.63) is 40.4 Å². The summed E-state index contributed by atoms with van der Waals surface area (Å²) in [6, 6.07) is 0. The molecule has 0 aliphatic carbocycles. The van der Waals surface area contributed by atoms with Gasteiger partial charge in [0.2, 0.25) is 5.82 Å². The van der Waals surface area contributed by atoms with Crippen molar-refractivity contribution < 1.29 is 4.92 Å². The molecule has 0 saturated heterocycles. The van der Waals surface area contributed by atoms with Crippen LogP contribution < -0.4 is 5.32 Å². The van der Waals surface area contributed by atoms with Crippen LogP contribution in [0.4, 0.5) is 11.5 Å². The Morgan fingerprint density at radius 3 is 2.85 bits per heavy atom. The average Bonchev–Trinajstić information content (AvgIpc) is 2.86. The SMILES string of the molecule is CCCn1ccnc1Cc1ncnc(NC)c1[N+](=O)[O-]. The van der Waals surface area contributed by atoms with E-state index in [9.17, 15) is 10.1 Å². The zero-order valence-electron chi connectivity index (χ0n) is 11.4. The third-order valence-corrected chi connectivity index (χ3v) is 2.91. The van der Waals surface area contributed by atoms with Gasteiger partial charge in [-0.1, -0.05) is 6.92 Å². The van der Waals surface area contributed by atoms with Crippen molar-refractivity contribution in [3.8, 4) is 0 Å². The molecule has 0 spiro atoms. The summed E-state index contributed by atoms with van der Waals surface area (Å²) in [4.78, 5) is 22.9. The molecule has 0 fully saturated rings. The van der Waals surface area contributed by atoms with E-state index in [0.717, 1.165) is 18.8 Å². The lowest BCUT2D eigenvalue weighted by atomic mass is 10.2. The van der Waals surface area contributed by atoms with Crippen molar-refractivity contribution >= 4 is 11.5 Å². The predicted octanol–water partition coefficient (Wildman–Crippen LogP) is 1.62. The smallest absolute Gasteiger partial charge is 0.333 e. The molecular weight excluding hydrogens is 260 g/mol. The first kappa shape index (κ1) is 13.9. The molecule has 0 aromatic carbocycles. The lowest BCUT2D eigenvalue weighted by molar-refractivity contribution is -0.385. The van der Waals surface area contributed by atoms with Crippen molar-refractivity contribution in [2.45, 2.75) is 26.3 Å². The van der Waals surface area contributed by atoms with Gasteiger partial charge in [-0.05, 0) is 6.42 Å². The van der Waals surface area contributed by atoms with Gasteiger partial charge in [0.05, 0.1) is 11.3 Å². The summed E-state index contributed by atoms with van der Waals surface area (Å²) in [5.74, 6) is 0.976. The molecular formula is C12H16N6O2. The zero-order valence-corrected chi connectivity index (χ0v) is 11.4. The largest absolute Gasteiger partial charge is 0.367 e. The molecule has 0 bridgehead atoms. The van der Waals surface area contributed by atoms with Crippen LogP contribution in [0.5, 0.6) is 0 Å². The van der Waals surface area contributed by atoms with Crippen molar-refractivity contribution in [2.75, 3.05) is 12.4 Å². The van der Waals surface area contributed by atoms with Crippen LogP contribution >= 0.6 is 0 Å². The van der Waals surface area contributed by atoms with Crippen LogP contribution in [0.1, 0.15) is 24.9 Å². The summed E-state index contributed by atoms with van der Waals surface area (Å²) in [7, 11) is 1.59. The summed E-state index contributed by atoms with van der Waals surface area (Å²) < 4.78 is 1.98. The number of nitrogens with one attached hydrogen (secondary N) is 1. The number of rotatable bonds is 6. The lowest BCUT2D eigenvalue weighted by Crippen LogP contribution is -2.09. The summed E-state index contributed by atoms with van der Waals surface area (Å²) in [5.41, 5.74) is 0.263. The Morgan fingerprint density at radius 2 is 2.20 bits per heavy atom. The number of anilines is 1. The second kappa shape index (κ2) is 6.09. The summed E-state index contributed by atoms with van der Waals surface area (Å²) in [6.07, 6.45) is 6.15. The molecule has 0 saturated carbocycles. The fourth-order valence-electron chi connectivity index (χ4n) is 2.02. The average molecular weight is 276 g/mol. The Labute approximate surface area is 116 Å². The van der Waals surface area contributed by atoms with E-state index < -0.39 is 4.92 Å². The summed E-state index contributed by atoms with van der Waals surface area (Å²) in [5, 5.41) is 13.9. The molecule has 1 N–H and O–H groups in total. The lowest BCUT2D eigenvalue weighted by Gasteiger charge is -2.07. The van der Waals surface area contributed by atoms with Gasteiger partial charge in [0, 0.05) is 26.0 Å². The van der Waals surface area contributed by atoms with Gasteiger partial charge in [-0.25, -0.2) is 15.0 Å². The standard InChI is InChI=1S/C12H16N6O2/c1-3-5-17-6-4-14-10(17)7-9-11(18(19)20)12(13-2)16-8-15-9/h4,6,8H,3,5,7H2,1-2H3,(H,13,15,16). The highest BCUT2D eigenvalue weighted by atomic mass is 16.6. The van der Waals surface area contributed by atoms with Gasteiger partial charge in [0.25, 0.3) is 0 Å². The van der Waals surface area contributed by atoms with E-state index >= 15 is 0 Å². The highest BCUT2D eigenvalue weighted by Crippen LogP contribution is 2.25. The fourth-order valence-corrected chi connectivity index (χ4v) is 2.02. The third-order valence-electron chi connectivity index (χ3n) is 2.91. The summed E-state index contributed by atoms with van der Waals surface area (Å²) in [6.45, 7) is 2.89. The van der Waals surface area contributed by atoms with Crippen LogP contribution in [0, 0.1) is 10.1 Å². The molecule has 0 unspecified atom stereocenters. The van der Waals surface area contributed by atoms with Crippen molar-refractivity contribution in [1.82, 2.24) is 19.5 Å². The number of aryl methyl sites for hydroxylation is 1. The van der Waals surface area contributed by atoms with E-state index in [1.807, 2.05) is 10.8 Å². The topological polar surface area (TPSA) is 98.8 Å². The van der Waals surface area contributed by atoms with Crippen LogP contribution in [-0.4, -0.2) is 31.5 Å². The van der Waals surface area contributed by atoms with Crippen LogP contribution in [0.2, 0.25) is 0 Å². The zero-order chi connectivity index (χ0) is 14.5. The molecule has 0 radical (unpaired) electrons. The molecule has 2 rings (SSSR count). The van der Waals surface area contributed by atoms with Gasteiger partial charge in [-0.3, -0.25) is 10.1 Å². The first-order valence-corrected chi connectivity index (χ1v) is 6.33. The number of nitrogens with zero attached hydrogens (tertiary/aromatic N) is 5. The Kier molecular flexibility index (Phi) is 4.24. The molecule has 8 heteroatoms. The van der Waals surface area contributed by atoms with Crippen molar-refractivity contribution in [2.24, 2.45) is 0 Å². The number of aromatic nitrogens is 4. The van der Waals surface area contributed by atoms with Crippen LogP contribution in [0.25, 0.3) is 0 Å². The Balaban J connectivity index is 2.38. The molecule has 8 nitrogen and oxygen atoms in total. The van der Waals surface area contributed by atoms with Gasteiger partial charge >= 0.3 is 5.69 Å². The second-order valence-corrected chi connectivity index (χ2v) is 4.24. The van der Waals surface area contributed by atoms with E-state index in [1.165, 1.54) is 6.33 Å². The monoisotopic (exact) mass is 276 g/mol.